The van der Waals surface area contributed by atoms with Crippen molar-refractivity contribution in [3.63, 3.8) is 0 Å². The molecule has 0 bridgehead atoms. The van der Waals surface area contributed by atoms with Crippen molar-refractivity contribution < 1.29 is 9.13 Å². The van der Waals surface area contributed by atoms with Crippen molar-refractivity contribution >= 4 is 22.6 Å². The van der Waals surface area contributed by atoms with Crippen molar-refractivity contribution in [3.8, 4) is 11.5 Å². The number of nitrogens with one attached hydrogen (secondary N) is 1. The number of hydrogen-bond donors (Lipinski definition) is 1. The van der Waals surface area contributed by atoms with Gasteiger partial charge in [0, 0.05) is 15.2 Å². The molecule has 0 radical (unpaired) electrons. The summed E-state index contributed by atoms with van der Waals surface area (Å²) in [7, 11) is 0. The Morgan fingerprint density at radius 2 is 2.00 bits per heavy atom. The van der Waals surface area contributed by atoms with Gasteiger partial charge in [-0.15, -0.1) is 0 Å². The van der Waals surface area contributed by atoms with Gasteiger partial charge < -0.3 is 10.1 Å². The number of ether oxygens (including phenoxy) is 1. The van der Waals surface area contributed by atoms with E-state index in [-0.39, 0.29) is 11.9 Å². The quantitative estimate of drug-likeness (QED) is 0.668. The van der Waals surface area contributed by atoms with Crippen LogP contribution in [0.5, 0.6) is 11.5 Å². The van der Waals surface area contributed by atoms with E-state index in [2.05, 4.69) is 34.8 Å². The van der Waals surface area contributed by atoms with Crippen molar-refractivity contribution in [2.24, 2.45) is 0 Å². The van der Waals surface area contributed by atoms with E-state index in [0.29, 0.717) is 11.5 Å². The third-order valence-electron chi connectivity index (χ3n) is 3.18. The van der Waals surface area contributed by atoms with Gasteiger partial charge in [0.15, 0.2) is 11.6 Å². The summed E-state index contributed by atoms with van der Waals surface area (Å²) in [6, 6.07) is 12.7. The van der Waals surface area contributed by atoms with Crippen molar-refractivity contribution in [1.82, 2.24) is 5.32 Å². The summed E-state index contributed by atoms with van der Waals surface area (Å²) in [5.41, 5.74) is 0.835. The lowest BCUT2D eigenvalue weighted by Gasteiger charge is -2.18. The summed E-state index contributed by atoms with van der Waals surface area (Å²) in [5.74, 6) is 0.614. The zero-order valence-corrected chi connectivity index (χ0v) is 14.4. The molecule has 0 aromatic heterocycles. The van der Waals surface area contributed by atoms with Crippen LogP contribution in [-0.2, 0) is 0 Å². The third-order valence-corrected chi connectivity index (χ3v) is 3.85. The molecular formula is C17H19FINO. The molecule has 1 atom stereocenters. The SMILES string of the molecule is CCCNC(C)c1cccc(F)c1Oc1cccc(I)c1. The molecule has 2 aromatic rings. The van der Waals surface area contributed by atoms with E-state index in [9.17, 15) is 4.39 Å². The molecule has 0 aliphatic heterocycles. The van der Waals surface area contributed by atoms with Crippen LogP contribution < -0.4 is 10.1 Å². The van der Waals surface area contributed by atoms with Gasteiger partial charge in [0.1, 0.15) is 5.75 Å². The van der Waals surface area contributed by atoms with Crippen LogP contribution in [0, 0.1) is 9.39 Å². The second kappa shape index (κ2) is 7.75. The first-order valence-corrected chi connectivity index (χ1v) is 8.15. The van der Waals surface area contributed by atoms with E-state index < -0.39 is 0 Å². The molecule has 2 aromatic carbocycles. The second-order valence-corrected chi connectivity index (χ2v) is 6.14. The fraction of sp³-hybridized carbons (Fsp3) is 0.294. The van der Waals surface area contributed by atoms with E-state index in [0.717, 1.165) is 22.1 Å². The number of hydrogen-bond acceptors (Lipinski definition) is 2. The Kier molecular flexibility index (Phi) is 5.99. The van der Waals surface area contributed by atoms with Crippen molar-refractivity contribution in [1.29, 1.82) is 0 Å². The minimum Gasteiger partial charge on any atom is -0.454 e. The molecule has 0 fully saturated rings. The molecule has 2 rings (SSSR count). The molecular weight excluding hydrogens is 380 g/mol. The molecule has 21 heavy (non-hydrogen) atoms. The number of para-hydroxylation sites is 1. The first kappa shape index (κ1) is 16.2. The lowest BCUT2D eigenvalue weighted by Crippen LogP contribution is -2.20. The lowest BCUT2D eigenvalue weighted by molar-refractivity contribution is 0.425. The highest BCUT2D eigenvalue weighted by atomic mass is 127. The van der Waals surface area contributed by atoms with Gasteiger partial charge in [0.25, 0.3) is 0 Å². The van der Waals surface area contributed by atoms with Crippen molar-refractivity contribution in [2.45, 2.75) is 26.3 Å². The van der Waals surface area contributed by atoms with Crippen LogP contribution in [0.15, 0.2) is 42.5 Å². The minimum atomic E-state index is -0.337. The summed E-state index contributed by atoms with van der Waals surface area (Å²) < 4.78 is 21.0. The van der Waals surface area contributed by atoms with E-state index >= 15 is 0 Å². The van der Waals surface area contributed by atoms with Crippen LogP contribution in [0.1, 0.15) is 31.9 Å². The smallest absolute Gasteiger partial charge is 0.167 e. The van der Waals surface area contributed by atoms with Crippen molar-refractivity contribution in [2.75, 3.05) is 6.54 Å². The molecule has 0 amide bonds. The van der Waals surface area contributed by atoms with Gasteiger partial charge in [-0.1, -0.05) is 25.1 Å². The third kappa shape index (κ3) is 4.41. The molecule has 0 aliphatic carbocycles. The second-order valence-electron chi connectivity index (χ2n) is 4.89. The van der Waals surface area contributed by atoms with Gasteiger partial charge >= 0.3 is 0 Å². The molecule has 1 N–H and O–H groups in total. The van der Waals surface area contributed by atoms with Gasteiger partial charge in [0.05, 0.1) is 0 Å². The zero-order chi connectivity index (χ0) is 15.2. The number of rotatable bonds is 6. The molecule has 0 saturated heterocycles. The first-order valence-electron chi connectivity index (χ1n) is 7.07. The molecule has 2 nitrogen and oxygen atoms in total. The van der Waals surface area contributed by atoms with Crippen LogP contribution >= 0.6 is 22.6 Å². The summed E-state index contributed by atoms with van der Waals surface area (Å²) in [6.07, 6.45) is 1.03. The topological polar surface area (TPSA) is 21.3 Å². The number of benzene rings is 2. The summed E-state index contributed by atoms with van der Waals surface area (Å²) in [4.78, 5) is 0. The number of halogens is 2. The van der Waals surface area contributed by atoms with E-state index in [4.69, 9.17) is 4.74 Å². The molecule has 0 aliphatic rings. The standard InChI is InChI=1S/C17H19FINO/c1-3-10-20-12(2)15-8-5-9-16(18)17(15)21-14-7-4-6-13(19)11-14/h4-9,11-12,20H,3,10H2,1-2H3. The van der Waals surface area contributed by atoms with E-state index in [1.807, 2.05) is 37.3 Å². The first-order chi connectivity index (χ1) is 10.1. The highest BCUT2D eigenvalue weighted by molar-refractivity contribution is 14.1. The van der Waals surface area contributed by atoms with Gasteiger partial charge in [-0.2, -0.15) is 0 Å². The Bertz CT molecular complexity index is 603. The monoisotopic (exact) mass is 399 g/mol. The Morgan fingerprint density at radius 1 is 1.24 bits per heavy atom. The summed E-state index contributed by atoms with van der Waals surface area (Å²) in [5, 5.41) is 3.37. The highest BCUT2D eigenvalue weighted by Gasteiger charge is 2.16. The molecule has 4 heteroatoms. The predicted molar refractivity (Wildman–Crippen MR) is 92.3 cm³/mol. The fourth-order valence-electron chi connectivity index (χ4n) is 2.09. The summed E-state index contributed by atoms with van der Waals surface area (Å²) >= 11 is 2.21. The molecule has 0 heterocycles. The van der Waals surface area contributed by atoms with Crippen LogP contribution in [0.3, 0.4) is 0 Å². The largest absolute Gasteiger partial charge is 0.454 e. The summed E-state index contributed by atoms with van der Waals surface area (Å²) in [6.45, 7) is 5.01. The molecule has 112 valence electrons. The van der Waals surface area contributed by atoms with Crippen LogP contribution in [0.25, 0.3) is 0 Å². The fourth-order valence-corrected chi connectivity index (χ4v) is 2.61. The van der Waals surface area contributed by atoms with Gasteiger partial charge in [-0.3, -0.25) is 0 Å². The van der Waals surface area contributed by atoms with Gasteiger partial charge in [-0.25, -0.2) is 4.39 Å². The highest BCUT2D eigenvalue weighted by Crippen LogP contribution is 2.32. The Labute approximate surface area is 138 Å². The Morgan fingerprint density at radius 3 is 2.71 bits per heavy atom. The van der Waals surface area contributed by atoms with Crippen LogP contribution in [-0.4, -0.2) is 6.54 Å². The zero-order valence-electron chi connectivity index (χ0n) is 12.2. The van der Waals surface area contributed by atoms with E-state index in [1.165, 1.54) is 6.07 Å². The maximum absolute atomic E-state index is 14.2. The van der Waals surface area contributed by atoms with E-state index in [1.54, 1.807) is 6.07 Å². The Hall–Kier alpha value is -1.14. The molecule has 0 saturated carbocycles. The molecule has 0 spiro atoms. The van der Waals surface area contributed by atoms with Crippen LogP contribution in [0.4, 0.5) is 4.39 Å². The average Bonchev–Trinajstić information content (AvgIpc) is 2.47. The average molecular weight is 399 g/mol. The Balaban J connectivity index is 2.29. The predicted octanol–water partition coefficient (Wildman–Crippen LogP) is 5.28. The van der Waals surface area contributed by atoms with Gasteiger partial charge in [-0.05, 0) is 66.7 Å². The van der Waals surface area contributed by atoms with Gasteiger partial charge in [0.2, 0.25) is 0 Å². The molecule has 1 unspecified atom stereocenters. The maximum Gasteiger partial charge on any atom is 0.167 e. The maximum atomic E-state index is 14.2. The lowest BCUT2D eigenvalue weighted by atomic mass is 10.1. The van der Waals surface area contributed by atoms with Crippen molar-refractivity contribution in [3.05, 3.63) is 57.4 Å². The normalized spacial score (nSPS) is 12.2. The minimum absolute atomic E-state index is 0.0402. The van der Waals surface area contributed by atoms with Crippen LogP contribution in [0.2, 0.25) is 0 Å².